The number of sulfonamides is 1. The van der Waals surface area contributed by atoms with E-state index in [1.165, 1.54) is 6.07 Å². The van der Waals surface area contributed by atoms with E-state index >= 15 is 0 Å². The van der Waals surface area contributed by atoms with E-state index in [4.69, 9.17) is 0 Å². The lowest BCUT2D eigenvalue weighted by Gasteiger charge is -2.22. The second-order valence-electron chi connectivity index (χ2n) is 6.54. The molecular weight excluding hydrogens is 356 g/mol. The fourth-order valence-electron chi connectivity index (χ4n) is 2.71. The van der Waals surface area contributed by atoms with Crippen molar-refractivity contribution in [3.8, 4) is 0 Å². The first kappa shape index (κ1) is 19.6. The van der Waals surface area contributed by atoms with Crippen LogP contribution in [-0.4, -0.2) is 20.4 Å². The van der Waals surface area contributed by atoms with Gasteiger partial charge in [-0.25, -0.2) is 8.42 Å². The highest BCUT2D eigenvalue weighted by molar-refractivity contribution is 7.91. The van der Waals surface area contributed by atoms with E-state index < -0.39 is 16.1 Å². The standard InChI is InChI=1S/C18H24N2O3S2/c1-11(2)16(20-25(22,23)15-7-6-8-24-15)18(21)19-17-13(4)9-12(3)10-14(17)5/h6-11,16,20H,1-5H3,(H,19,21)/t16-/m1/s1. The summed E-state index contributed by atoms with van der Waals surface area (Å²) in [5.74, 6) is -0.550. The zero-order chi connectivity index (χ0) is 18.8. The minimum Gasteiger partial charge on any atom is -0.324 e. The lowest BCUT2D eigenvalue weighted by Crippen LogP contribution is -2.47. The van der Waals surface area contributed by atoms with Crippen molar-refractivity contribution in [2.24, 2.45) is 5.92 Å². The minimum atomic E-state index is -3.72. The number of nitrogens with one attached hydrogen (secondary N) is 2. The minimum absolute atomic E-state index is 0.194. The van der Waals surface area contributed by atoms with E-state index in [1.54, 1.807) is 11.4 Å². The molecule has 0 aliphatic carbocycles. The van der Waals surface area contributed by atoms with Gasteiger partial charge in [0.2, 0.25) is 5.91 Å². The van der Waals surface area contributed by atoms with Crippen LogP contribution >= 0.6 is 11.3 Å². The van der Waals surface area contributed by atoms with Crippen LogP contribution in [0.4, 0.5) is 5.69 Å². The Bertz CT molecular complexity index is 833. The van der Waals surface area contributed by atoms with Crippen molar-refractivity contribution in [2.45, 2.75) is 44.9 Å². The normalized spacial score (nSPS) is 13.0. The van der Waals surface area contributed by atoms with Crippen LogP contribution in [0.1, 0.15) is 30.5 Å². The van der Waals surface area contributed by atoms with E-state index in [-0.39, 0.29) is 16.0 Å². The van der Waals surface area contributed by atoms with Gasteiger partial charge in [0.1, 0.15) is 10.3 Å². The Hall–Kier alpha value is -1.70. The molecule has 0 bridgehead atoms. The molecule has 0 saturated carbocycles. The molecule has 0 saturated heterocycles. The van der Waals surface area contributed by atoms with Crippen molar-refractivity contribution in [3.63, 3.8) is 0 Å². The molecule has 0 aliphatic rings. The molecule has 0 spiro atoms. The lowest BCUT2D eigenvalue weighted by atomic mass is 10.0. The Morgan fingerprint density at radius 1 is 1.12 bits per heavy atom. The molecule has 1 aromatic heterocycles. The summed E-state index contributed by atoms with van der Waals surface area (Å²) in [4.78, 5) is 12.8. The second kappa shape index (κ2) is 7.68. The molecule has 2 rings (SSSR count). The van der Waals surface area contributed by atoms with Crippen LogP contribution in [0, 0.1) is 26.7 Å². The van der Waals surface area contributed by atoms with Crippen molar-refractivity contribution in [1.82, 2.24) is 4.72 Å². The molecule has 7 heteroatoms. The monoisotopic (exact) mass is 380 g/mol. The number of carbonyl (C=O) groups excluding carboxylic acids is 1. The summed E-state index contributed by atoms with van der Waals surface area (Å²) >= 11 is 1.12. The van der Waals surface area contributed by atoms with Gasteiger partial charge in [-0.3, -0.25) is 4.79 Å². The van der Waals surface area contributed by atoms with Crippen LogP contribution in [0.5, 0.6) is 0 Å². The molecule has 136 valence electrons. The highest BCUT2D eigenvalue weighted by Gasteiger charge is 2.29. The Morgan fingerprint density at radius 2 is 1.72 bits per heavy atom. The van der Waals surface area contributed by atoms with E-state index in [0.29, 0.717) is 0 Å². The third-order valence-corrected chi connectivity index (χ3v) is 6.75. The zero-order valence-electron chi connectivity index (χ0n) is 15.1. The molecule has 1 amide bonds. The van der Waals surface area contributed by atoms with Gasteiger partial charge in [-0.2, -0.15) is 4.72 Å². The molecule has 1 aromatic carbocycles. The summed E-state index contributed by atoms with van der Waals surface area (Å²) in [6, 6.07) is 6.32. The van der Waals surface area contributed by atoms with Gasteiger partial charge in [-0.15, -0.1) is 11.3 Å². The molecule has 2 N–H and O–H groups in total. The Balaban J connectivity index is 2.25. The number of amides is 1. The van der Waals surface area contributed by atoms with Crippen molar-refractivity contribution >= 4 is 33.0 Å². The zero-order valence-corrected chi connectivity index (χ0v) is 16.7. The van der Waals surface area contributed by atoms with Gasteiger partial charge < -0.3 is 5.32 Å². The molecule has 1 atom stereocenters. The van der Waals surface area contributed by atoms with Gasteiger partial charge in [0.25, 0.3) is 10.0 Å². The lowest BCUT2D eigenvalue weighted by molar-refractivity contribution is -0.118. The smallest absolute Gasteiger partial charge is 0.250 e. The number of aryl methyl sites for hydroxylation is 3. The van der Waals surface area contributed by atoms with Gasteiger partial charge in [0, 0.05) is 5.69 Å². The van der Waals surface area contributed by atoms with Crippen LogP contribution < -0.4 is 10.0 Å². The topological polar surface area (TPSA) is 75.3 Å². The fourth-order valence-corrected chi connectivity index (χ4v) is 5.07. The summed E-state index contributed by atoms with van der Waals surface area (Å²) in [5.41, 5.74) is 3.76. The number of hydrogen-bond donors (Lipinski definition) is 2. The van der Waals surface area contributed by atoms with E-state index in [9.17, 15) is 13.2 Å². The maximum Gasteiger partial charge on any atom is 0.250 e. The first-order chi connectivity index (χ1) is 11.6. The third-order valence-electron chi connectivity index (χ3n) is 3.92. The molecule has 1 heterocycles. The number of carbonyl (C=O) groups is 1. The molecular formula is C18H24N2O3S2. The number of benzene rings is 1. The van der Waals surface area contributed by atoms with Crippen LogP contribution in [0.2, 0.25) is 0 Å². The molecule has 2 aromatic rings. The number of anilines is 1. The van der Waals surface area contributed by atoms with E-state index in [1.807, 2.05) is 46.8 Å². The maximum absolute atomic E-state index is 12.8. The van der Waals surface area contributed by atoms with Gasteiger partial charge >= 0.3 is 0 Å². The summed E-state index contributed by atoms with van der Waals surface area (Å²) < 4.78 is 27.7. The second-order valence-corrected chi connectivity index (χ2v) is 9.43. The molecule has 0 aliphatic heterocycles. The van der Waals surface area contributed by atoms with Crippen molar-refractivity contribution in [1.29, 1.82) is 0 Å². The molecule has 0 fully saturated rings. The Morgan fingerprint density at radius 3 is 2.20 bits per heavy atom. The molecule has 5 nitrogen and oxygen atoms in total. The van der Waals surface area contributed by atoms with E-state index in [0.717, 1.165) is 33.7 Å². The van der Waals surface area contributed by atoms with Gasteiger partial charge in [0.15, 0.2) is 0 Å². The summed E-state index contributed by atoms with van der Waals surface area (Å²) in [6.45, 7) is 9.48. The summed E-state index contributed by atoms with van der Waals surface area (Å²) in [5, 5.41) is 4.59. The van der Waals surface area contributed by atoms with Gasteiger partial charge in [-0.1, -0.05) is 37.6 Å². The largest absolute Gasteiger partial charge is 0.324 e. The fraction of sp³-hybridized carbons (Fsp3) is 0.389. The molecule has 0 radical (unpaired) electrons. The van der Waals surface area contributed by atoms with Crippen LogP contribution in [0.25, 0.3) is 0 Å². The number of rotatable bonds is 6. The predicted octanol–water partition coefficient (Wildman–Crippen LogP) is 3.61. The highest BCUT2D eigenvalue weighted by Crippen LogP contribution is 2.23. The average molecular weight is 381 g/mol. The highest BCUT2D eigenvalue weighted by atomic mass is 32.2. The third kappa shape index (κ3) is 4.68. The summed E-state index contributed by atoms with van der Waals surface area (Å²) in [7, 11) is -3.72. The number of thiophene rings is 1. The van der Waals surface area contributed by atoms with Crippen molar-refractivity contribution in [2.75, 3.05) is 5.32 Å². The van der Waals surface area contributed by atoms with E-state index in [2.05, 4.69) is 10.0 Å². The number of hydrogen-bond acceptors (Lipinski definition) is 4. The van der Waals surface area contributed by atoms with Crippen molar-refractivity contribution in [3.05, 3.63) is 46.3 Å². The molecule has 0 unspecified atom stereocenters. The molecule has 25 heavy (non-hydrogen) atoms. The quantitative estimate of drug-likeness (QED) is 0.804. The Labute approximate surface area is 153 Å². The first-order valence-corrected chi connectivity index (χ1v) is 10.4. The van der Waals surface area contributed by atoms with Crippen LogP contribution in [0.15, 0.2) is 33.9 Å². The van der Waals surface area contributed by atoms with Crippen LogP contribution in [-0.2, 0) is 14.8 Å². The van der Waals surface area contributed by atoms with Gasteiger partial charge in [0.05, 0.1) is 0 Å². The Kier molecular flexibility index (Phi) is 6.03. The first-order valence-electron chi connectivity index (χ1n) is 8.06. The van der Waals surface area contributed by atoms with Crippen LogP contribution in [0.3, 0.4) is 0 Å². The van der Waals surface area contributed by atoms with Crippen molar-refractivity contribution < 1.29 is 13.2 Å². The maximum atomic E-state index is 12.8. The predicted molar refractivity (Wildman–Crippen MR) is 103 cm³/mol. The SMILES string of the molecule is Cc1cc(C)c(NC(=O)[C@H](NS(=O)(=O)c2cccs2)C(C)C)c(C)c1. The van der Waals surface area contributed by atoms with Gasteiger partial charge in [-0.05, 0) is 49.3 Å². The average Bonchev–Trinajstić information content (AvgIpc) is 3.03. The summed E-state index contributed by atoms with van der Waals surface area (Å²) in [6.07, 6.45) is 0.